The number of aliphatic hydroxyl groups is 2. The van der Waals surface area contributed by atoms with E-state index in [0.717, 1.165) is 0 Å². The van der Waals surface area contributed by atoms with Crippen LogP contribution in [-0.4, -0.2) is 62.6 Å². The summed E-state index contributed by atoms with van der Waals surface area (Å²) in [5, 5.41) is 17.0. The van der Waals surface area contributed by atoms with E-state index in [0.29, 0.717) is 6.61 Å². The van der Waals surface area contributed by atoms with Gasteiger partial charge in [-0.05, 0) is 6.92 Å². The van der Waals surface area contributed by atoms with Crippen LogP contribution in [0.1, 0.15) is 51.5 Å². The van der Waals surface area contributed by atoms with Gasteiger partial charge in [0, 0.05) is 0 Å². The van der Waals surface area contributed by atoms with E-state index in [2.05, 4.69) is 0 Å². The molecule has 6 nitrogen and oxygen atoms in total. The lowest BCUT2D eigenvalue weighted by molar-refractivity contribution is -0.334. The summed E-state index contributed by atoms with van der Waals surface area (Å²) in [5.41, 5.74) is 0. The highest BCUT2D eigenvalue weighted by molar-refractivity contribution is 4.52. The minimum Gasteiger partial charge on any atom is -0.394 e. The molecule has 0 aromatic rings. The van der Waals surface area contributed by atoms with Gasteiger partial charge in [0.15, 0.2) is 0 Å². The molecule has 6 heteroatoms. The fourth-order valence-electron chi connectivity index (χ4n) is 0.827. The summed E-state index contributed by atoms with van der Waals surface area (Å²) in [4.78, 5) is 9.74. The van der Waals surface area contributed by atoms with E-state index in [4.69, 9.17) is 29.5 Å². The Balaban J connectivity index is -0.0000000653. The van der Waals surface area contributed by atoms with Gasteiger partial charge >= 0.3 is 0 Å². The maximum Gasteiger partial charge on any atom is 0.139 e. The highest BCUT2D eigenvalue weighted by atomic mass is 17.2. The van der Waals surface area contributed by atoms with Crippen LogP contribution in [0.4, 0.5) is 0 Å². The molecule has 0 spiro atoms. The summed E-state index contributed by atoms with van der Waals surface area (Å²) < 4.78 is 10.2. The zero-order valence-corrected chi connectivity index (χ0v) is 9.05. The molecule has 21 heavy (non-hydrogen) atoms. The largest absolute Gasteiger partial charge is 0.394 e. The Bertz CT molecular complexity index is 115. The number of ether oxygens (including phenoxy) is 2. The van der Waals surface area contributed by atoms with Gasteiger partial charge in [-0.2, -0.15) is 0 Å². The minimum absolute atomic E-state index is 0. The Morgan fingerprint density at radius 1 is 0.762 bits per heavy atom. The third-order valence-electron chi connectivity index (χ3n) is 1.40. The second kappa shape index (κ2) is 36.7. The van der Waals surface area contributed by atoms with Crippen molar-refractivity contribution >= 4 is 0 Å². The summed E-state index contributed by atoms with van der Waals surface area (Å²) in [7, 11) is 0. The summed E-state index contributed by atoms with van der Waals surface area (Å²) in [6.07, 6.45) is -0.344. The highest BCUT2D eigenvalue weighted by Crippen LogP contribution is 1.96. The summed E-state index contributed by atoms with van der Waals surface area (Å²) >= 11 is 0. The van der Waals surface area contributed by atoms with Crippen molar-refractivity contribution in [2.45, 2.75) is 57.6 Å². The van der Waals surface area contributed by atoms with Gasteiger partial charge in [0.2, 0.25) is 0 Å². The van der Waals surface area contributed by atoms with Gasteiger partial charge in [-0.15, -0.1) is 0 Å². The zero-order chi connectivity index (χ0) is 11.4. The molecule has 0 aliphatic carbocycles. The van der Waals surface area contributed by atoms with Gasteiger partial charge in [-0.3, -0.25) is 0 Å². The Morgan fingerprint density at radius 3 is 1.43 bits per heavy atom. The molecule has 0 unspecified atom stereocenters. The smallest absolute Gasteiger partial charge is 0.139 e. The summed E-state index contributed by atoms with van der Waals surface area (Å²) in [6.45, 7) is 3.27. The van der Waals surface area contributed by atoms with E-state index in [1.165, 1.54) is 0 Å². The van der Waals surface area contributed by atoms with Crippen molar-refractivity contribution < 1.29 is 29.5 Å². The van der Waals surface area contributed by atoms with E-state index in [-0.39, 0.29) is 90.3 Å². The van der Waals surface area contributed by atoms with Crippen molar-refractivity contribution in [3.63, 3.8) is 0 Å². The molecule has 0 aliphatic rings. The van der Waals surface area contributed by atoms with Crippen molar-refractivity contribution in [1.29, 1.82) is 0 Å². The van der Waals surface area contributed by atoms with Gasteiger partial charge in [-0.25, -0.2) is 9.78 Å². The summed E-state index contributed by atoms with van der Waals surface area (Å²) in [5.74, 6) is 0. The molecule has 0 radical (unpaired) electrons. The van der Waals surface area contributed by atoms with Crippen molar-refractivity contribution in [3.05, 3.63) is 0 Å². The fourth-order valence-corrected chi connectivity index (χ4v) is 0.827. The number of aliphatic hydroxyl groups excluding tert-OH is 2. The Hall–Kier alpha value is -0.240. The minimum atomic E-state index is -0.344. The first-order chi connectivity index (χ1) is 7.35. The number of hydrogen-bond acceptors (Lipinski definition) is 6. The van der Waals surface area contributed by atoms with Crippen molar-refractivity contribution in [2.75, 3.05) is 46.2 Å². The SMILES string of the molecule is C.C.C.C.C.C.CCOOC(COCCO)COCCO. The third kappa shape index (κ3) is 32.9. The van der Waals surface area contributed by atoms with Crippen LogP contribution in [0, 0.1) is 0 Å². The monoisotopic (exact) mass is 320 g/mol. The second-order valence-electron chi connectivity index (χ2n) is 2.72. The van der Waals surface area contributed by atoms with E-state index in [1.54, 1.807) is 6.92 Å². The van der Waals surface area contributed by atoms with Crippen LogP contribution in [0.2, 0.25) is 0 Å². The van der Waals surface area contributed by atoms with Gasteiger partial charge in [0.05, 0.1) is 46.2 Å². The first-order valence-corrected chi connectivity index (χ1v) is 5.00. The van der Waals surface area contributed by atoms with E-state index < -0.39 is 0 Å². The van der Waals surface area contributed by atoms with Crippen LogP contribution in [-0.2, 0) is 19.2 Å². The predicted octanol–water partition coefficient (Wildman–Crippen LogP) is 3.16. The first kappa shape index (κ1) is 42.8. The van der Waals surface area contributed by atoms with E-state index in [9.17, 15) is 0 Å². The molecular formula is C15H44O6. The molecule has 0 heterocycles. The average Bonchev–Trinajstić information content (AvgIpc) is 2.25. The van der Waals surface area contributed by atoms with Crippen LogP contribution >= 0.6 is 0 Å². The van der Waals surface area contributed by atoms with Crippen molar-refractivity contribution in [2.24, 2.45) is 0 Å². The molecule has 140 valence electrons. The maximum absolute atomic E-state index is 8.51. The topological polar surface area (TPSA) is 77.4 Å². The molecule has 0 aromatic heterocycles. The van der Waals surface area contributed by atoms with Crippen LogP contribution in [0.5, 0.6) is 0 Å². The molecule has 0 amide bonds. The first-order valence-electron chi connectivity index (χ1n) is 5.00. The quantitative estimate of drug-likeness (QED) is 0.346. The number of rotatable bonds is 11. The standard InChI is InChI=1S/C9H20O6.6CH4/c1-2-14-15-9(7-12-5-3-10)8-13-6-4-11;;;;;;/h9-11H,2-8H2,1H3;6*1H4. The molecule has 0 bridgehead atoms. The second-order valence-corrected chi connectivity index (χ2v) is 2.72. The molecule has 0 fully saturated rings. The molecule has 0 aromatic carbocycles. The lowest BCUT2D eigenvalue weighted by Gasteiger charge is -2.16. The van der Waals surface area contributed by atoms with Gasteiger partial charge in [0.1, 0.15) is 6.10 Å². The van der Waals surface area contributed by atoms with Gasteiger partial charge in [-0.1, -0.05) is 44.6 Å². The molecule has 0 rings (SSSR count). The molecule has 0 atom stereocenters. The summed E-state index contributed by atoms with van der Waals surface area (Å²) in [6, 6.07) is 0. The van der Waals surface area contributed by atoms with Crippen LogP contribution < -0.4 is 0 Å². The third-order valence-corrected chi connectivity index (χ3v) is 1.40. The van der Waals surface area contributed by atoms with Crippen molar-refractivity contribution in [3.8, 4) is 0 Å². The average molecular weight is 321 g/mol. The normalized spacial score (nSPS) is 8.00. The fraction of sp³-hybridized carbons (Fsp3) is 1.00. The van der Waals surface area contributed by atoms with Crippen molar-refractivity contribution in [1.82, 2.24) is 0 Å². The molecular weight excluding hydrogens is 276 g/mol. The lowest BCUT2D eigenvalue weighted by Crippen LogP contribution is -2.27. The van der Waals surface area contributed by atoms with E-state index >= 15 is 0 Å². The van der Waals surface area contributed by atoms with Crippen LogP contribution in [0.3, 0.4) is 0 Å². The maximum atomic E-state index is 8.51. The molecule has 2 N–H and O–H groups in total. The van der Waals surface area contributed by atoms with E-state index in [1.807, 2.05) is 0 Å². The number of hydrogen-bond donors (Lipinski definition) is 2. The Kier molecular flexibility index (Phi) is 74.9. The predicted molar refractivity (Wildman–Crippen MR) is 92.7 cm³/mol. The zero-order valence-electron chi connectivity index (χ0n) is 9.05. The molecule has 0 saturated heterocycles. The Labute approximate surface area is 134 Å². The van der Waals surface area contributed by atoms with Crippen LogP contribution in [0.15, 0.2) is 0 Å². The Morgan fingerprint density at radius 2 is 1.14 bits per heavy atom. The lowest BCUT2D eigenvalue weighted by atomic mass is 10.4. The van der Waals surface area contributed by atoms with Gasteiger partial charge < -0.3 is 19.7 Å². The van der Waals surface area contributed by atoms with Gasteiger partial charge in [0.25, 0.3) is 0 Å². The highest BCUT2D eigenvalue weighted by Gasteiger charge is 2.10. The molecule has 0 saturated carbocycles. The van der Waals surface area contributed by atoms with Crippen LogP contribution in [0.25, 0.3) is 0 Å². The molecule has 0 aliphatic heterocycles.